The highest BCUT2D eigenvalue weighted by molar-refractivity contribution is 6.31. The van der Waals surface area contributed by atoms with Gasteiger partial charge in [0.15, 0.2) is 0 Å². The van der Waals surface area contributed by atoms with Crippen molar-refractivity contribution in [2.45, 2.75) is 39.0 Å². The van der Waals surface area contributed by atoms with Crippen molar-refractivity contribution in [1.29, 1.82) is 0 Å². The van der Waals surface area contributed by atoms with Gasteiger partial charge in [-0.05, 0) is 43.2 Å². The first-order valence-electron chi connectivity index (χ1n) is 9.36. The van der Waals surface area contributed by atoms with E-state index in [2.05, 4.69) is 29.7 Å². The molecule has 0 amide bonds. The summed E-state index contributed by atoms with van der Waals surface area (Å²) in [6.45, 7) is 8.33. The van der Waals surface area contributed by atoms with E-state index in [1.54, 1.807) is 0 Å². The Morgan fingerprint density at radius 1 is 1.04 bits per heavy atom. The fourth-order valence-electron chi connectivity index (χ4n) is 3.85. The SMILES string of the molecule is COC(=O)c1ccc(CN2[C@H](C)CN(Cc3ccccc3Cl)C[C@@H]2C)cc1. The second-order valence-electron chi connectivity index (χ2n) is 7.34. The molecule has 27 heavy (non-hydrogen) atoms. The lowest BCUT2D eigenvalue weighted by atomic mass is 10.0. The van der Waals surface area contributed by atoms with Crippen molar-refractivity contribution < 1.29 is 9.53 Å². The average Bonchev–Trinajstić information content (AvgIpc) is 2.66. The summed E-state index contributed by atoms with van der Waals surface area (Å²) in [5, 5.41) is 0.839. The molecular formula is C22H27ClN2O2. The van der Waals surface area contributed by atoms with Crippen LogP contribution in [0.25, 0.3) is 0 Å². The van der Waals surface area contributed by atoms with Crippen molar-refractivity contribution >= 4 is 17.6 Å². The average molecular weight is 387 g/mol. The van der Waals surface area contributed by atoms with E-state index in [1.165, 1.54) is 18.2 Å². The van der Waals surface area contributed by atoms with Crippen molar-refractivity contribution in [3.8, 4) is 0 Å². The van der Waals surface area contributed by atoms with E-state index in [9.17, 15) is 4.79 Å². The van der Waals surface area contributed by atoms with E-state index in [1.807, 2.05) is 42.5 Å². The lowest BCUT2D eigenvalue weighted by molar-refractivity contribution is 0.0290. The number of benzene rings is 2. The van der Waals surface area contributed by atoms with E-state index >= 15 is 0 Å². The van der Waals surface area contributed by atoms with Crippen LogP contribution in [0.1, 0.15) is 35.3 Å². The molecule has 0 radical (unpaired) electrons. The molecule has 0 unspecified atom stereocenters. The van der Waals surface area contributed by atoms with Crippen LogP contribution >= 0.6 is 11.6 Å². The summed E-state index contributed by atoms with van der Waals surface area (Å²) in [5.41, 5.74) is 2.98. The number of hydrogen-bond acceptors (Lipinski definition) is 4. The van der Waals surface area contributed by atoms with E-state index in [0.717, 1.165) is 31.2 Å². The minimum absolute atomic E-state index is 0.295. The molecule has 0 aliphatic carbocycles. The molecule has 0 saturated carbocycles. The van der Waals surface area contributed by atoms with Gasteiger partial charge in [0.05, 0.1) is 12.7 Å². The molecule has 1 aliphatic heterocycles. The van der Waals surface area contributed by atoms with Gasteiger partial charge in [-0.15, -0.1) is 0 Å². The molecule has 2 aromatic carbocycles. The summed E-state index contributed by atoms with van der Waals surface area (Å²) in [6, 6.07) is 16.7. The fraction of sp³-hybridized carbons (Fsp3) is 0.409. The quantitative estimate of drug-likeness (QED) is 0.720. The zero-order chi connectivity index (χ0) is 19.4. The van der Waals surface area contributed by atoms with Gasteiger partial charge in [0, 0.05) is 43.3 Å². The number of esters is 1. The minimum atomic E-state index is -0.295. The highest BCUT2D eigenvalue weighted by Crippen LogP contribution is 2.23. The Morgan fingerprint density at radius 2 is 1.67 bits per heavy atom. The van der Waals surface area contributed by atoms with Crippen LogP contribution in [0.15, 0.2) is 48.5 Å². The standard InChI is InChI=1S/C22H27ClN2O2/c1-16-12-24(15-20-6-4-5-7-21(20)23)13-17(2)25(16)14-18-8-10-19(11-9-18)22(26)27-3/h4-11,16-17H,12-15H2,1-3H3/t16-,17+. The van der Waals surface area contributed by atoms with Crippen molar-refractivity contribution in [2.24, 2.45) is 0 Å². The fourth-order valence-corrected chi connectivity index (χ4v) is 4.04. The number of halogens is 1. The molecule has 144 valence electrons. The van der Waals surface area contributed by atoms with Gasteiger partial charge < -0.3 is 4.74 Å². The van der Waals surface area contributed by atoms with E-state index in [-0.39, 0.29) is 5.97 Å². The molecule has 4 nitrogen and oxygen atoms in total. The van der Waals surface area contributed by atoms with Gasteiger partial charge in [0.25, 0.3) is 0 Å². The lowest BCUT2D eigenvalue weighted by Crippen LogP contribution is -2.55. The summed E-state index contributed by atoms with van der Waals surface area (Å²) < 4.78 is 4.76. The Labute approximate surface area is 166 Å². The molecule has 3 rings (SSSR count). The topological polar surface area (TPSA) is 32.8 Å². The number of rotatable bonds is 5. The highest BCUT2D eigenvalue weighted by Gasteiger charge is 2.29. The Morgan fingerprint density at radius 3 is 2.26 bits per heavy atom. The molecule has 0 spiro atoms. The van der Waals surface area contributed by atoms with Crippen LogP contribution in [-0.2, 0) is 17.8 Å². The number of ether oxygens (including phenoxy) is 1. The zero-order valence-electron chi connectivity index (χ0n) is 16.2. The van der Waals surface area contributed by atoms with Crippen molar-refractivity contribution in [3.63, 3.8) is 0 Å². The molecule has 0 bridgehead atoms. The third-order valence-corrected chi connectivity index (χ3v) is 5.64. The molecule has 5 heteroatoms. The van der Waals surface area contributed by atoms with Crippen LogP contribution in [0, 0.1) is 0 Å². The summed E-state index contributed by atoms with van der Waals surface area (Å²) >= 11 is 6.33. The van der Waals surface area contributed by atoms with Crippen molar-refractivity contribution in [3.05, 3.63) is 70.2 Å². The number of piperazine rings is 1. The highest BCUT2D eigenvalue weighted by atomic mass is 35.5. The van der Waals surface area contributed by atoms with Gasteiger partial charge in [0.2, 0.25) is 0 Å². The molecule has 2 aromatic rings. The smallest absolute Gasteiger partial charge is 0.337 e. The Kier molecular flexibility index (Phi) is 6.53. The minimum Gasteiger partial charge on any atom is -0.465 e. The second kappa shape index (κ2) is 8.87. The molecule has 1 fully saturated rings. The second-order valence-corrected chi connectivity index (χ2v) is 7.75. The third-order valence-electron chi connectivity index (χ3n) is 5.27. The summed E-state index contributed by atoms with van der Waals surface area (Å²) in [6.07, 6.45) is 0. The number of methoxy groups -OCH3 is 1. The summed E-state index contributed by atoms with van der Waals surface area (Å²) in [4.78, 5) is 16.6. The Balaban J connectivity index is 1.62. The van der Waals surface area contributed by atoms with Crippen LogP contribution in [0.2, 0.25) is 5.02 Å². The van der Waals surface area contributed by atoms with Crippen LogP contribution in [0.4, 0.5) is 0 Å². The summed E-state index contributed by atoms with van der Waals surface area (Å²) in [7, 11) is 1.40. The predicted octanol–water partition coefficient (Wildman–Crippen LogP) is 4.22. The molecule has 1 aliphatic rings. The number of hydrogen-bond donors (Lipinski definition) is 0. The first-order chi connectivity index (χ1) is 13.0. The maximum absolute atomic E-state index is 11.6. The van der Waals surface area contributed by atoms with Crippen LogP contribution in [-0.4, -0.2) is 48.1 Å². The Bertz CT molecular complexity index is 766. The first kappa shape index (κ1) is 19.9. The van der Waals surface area contributed by atoms with Gasteiger partial charge in [-0.3, -0.25) is 9.80 Å². The molecule has 0 aromatic heterocycles. The monoisotopic (exact) mass is 386 g/mol. The molecule has 1 heterocycles. The zero-order valence-corrected chi connectivity index (χ0v) is 16.9. The maximum Gasteiger partial charge on any atom is 0.337 e. The maximum atomic E-state index is 11.6. The normalized spacial score (nSPS) is 21.2. The number of nitrogens with zero attached hydrogens (tertiary/aromatic N) is 2. The van der Waals surface area contributed by atoms with Gasteiger partial charge >= 0.3 is 5.97 Å². The first-order valence-corrected chi connectivity index (χ1v) is 9.74. The predicted molar refractivity (Wildman–Crippen MR) is 109 cm³/mol. The van der Waals surface area contributed by atoms with Crippen LogP contribution in [0.3, 0.4) is 0 Å². The van der Waals surface area contributed by atoms with E-state index in [0.29, 0.717) is 17.6 Å². The van der Waals surface area contributed by atoms with Crippen molar-refractivity contribution in [2.75, 3.05) is 20.2 Å². The summed E-state index contributed by atoms with van der Waals surface area (Å²) in [5.74, 6) is -0.295. The molecule has 2 atom stereocenters. The van der Waals surface area contributed by atoms with Gasteiger partial charge in [0.1, 0.15) is 0 Å². The lowest BCUT2D eigenvalue weighted by Gasteiger charge is -2.44. The number of carbonyl (C=O) groups is 1. The molecule has 0 N–H and O–H groups in total. The number of carbonyl (C=O) groups excluding carboxylic acids is 1. The van der Waals surface area contributed by atoms with Crippen LogP contribution < -0.4 is 0 Å². The van der Waals surface area contributed by atoms with Gasteiger partial charge in [-0.2, -0.15) is 0 Å². The van der Waals surface area contributed by atoms with Gasteiger partial charge in [-0.25, -0.2) is 4.79 Å². The van der Waals surface area contributed by atoms with Gasteiger partial charge in [-0.1, -0.05) is 41.9 Å². The van der Waals surface area contributed by atoms with E-state index < -0.39 is 0 Å². The largest absolute Gasteiger partial charge is 0.465 e. The molecule has 1 saturated heterocycles. The Hall–Kier alpha value is -1.88. The van der Waals surface area contributed by atoms with Crippen molar-refractivity contribution in [1.82, 2.24) is 9.80 Å². The third kappa shape index (κ3) is 4.89. The van der Waals surface area contributed by atoms with Crippen LogP contribution in [0.5, 0.6) is 0 Å². The molecular weight excluding hydrogens is 360 g/mol. The van der Waals surface area contributed by atoms with E-state index in [4.69, 9.17) is 16.3 Å².